The van der Waals surface area contributed by atoms with E-state index in [1.54, 1.807) is 18.6 Å². The minimum atomic E-state index is -0.0750. The van der Waals surface area contributed by atoms with Crippen LogP contribution in [-0.4, -0.2) is 58.5 Å². The van der Waals surface area contributed by atoms with E-state index in [-0.39, 0.29) is 5.91 Å². The molecule has 1 amide bonds. The van der Waals surface area contributed by atoms with Crippen molar-refractivity contribution in [2.75, 3.05) is 42.9 Å². The van der Waals surface area contributed by atoms with Gasteiger partial charge in [-0.05, 0) is 24.1 Å². The van der Waals surface area contributed by atoms with Crippen LogP contribution in [0.25, 0.3) is 0 Å². The van der Waals surface area contributed by atoms with Gasteiger partial charge in [0.15, 0.2) is 0 Å². The summed E-state index contributed by atoms with van der Waals surface area (Å²) < 4.78 is 0. The maximum atomic E-state index is 12.7. The van der Waals surface area contributed by atoms with Gasteiger partial charge >= 0.3 is 0 Å². The van der Waals surface area contributed by atoms with Gasteiger partial charge in [0.1, 0.15) is 17.3 Å². The first-order chi connectivity index (χ1) is 14.3. The van der Waals surface area contributed by atoms with E-state index < -0.39 is 0 Å². The molecule has 7 heteroatoms. The van der Waals surface area contributed by atoms with Gasteiger partial charge in [0.2, 0.25) is 0 Å². The monoisotopic (exact) mass is 388 g/mol. The van der Waals surface area contributed by atoms with Crippen molar-refractivity contribution in [2.45, 2.75) is 6.42 Å². The van der Waals surface area contributed by atoms with Crippen molar-refractivity contribution >= 4 is 17.5 Å². The van der Waals surface area contributed by atoms with Gasteiger partial charge < -0.3 is 15.1 Å². The van der Waals surface area contributed by atoms with Crippen LogP contribution in [0.5, 0.6) is 0 Å². The molecular formula is C22H24N6O. The fourth-order valence-electron chi connectivity index (χ4n) is 3.35. The SMILES string of the molecule is O=C(c1cnc(NCCc2ccccc2)cn1)N1CCN(c2ccccn2)CC1. The molecule has 0 saturated carbocycles. The second-order valence-corrected chi connectivity index (χ2v) is 6.92. The van der Waals surface area contributed by atoms with Gasteiger partial charge in [0.25, 0.3) is 5.91 Å². The Morgan fingerprint density at radius 2 is 1.69 bits per heavy atom. The molecule has 148 valence electrons. The van der Waals surface area contributed by atoms with E-state index in [2.05, 4.69) is 37.3 Å². The number of hydrogen-bond donors (Lipinski definition) is 1. The number of nitrogens with one attached hydrogen (secondary N) is 1. The number of aromatic nitrogens is 3. The van der Waals surface area contributed by atoms with Gasteiger partial charge in [-0.25, -0.2) is 15.0 Å². The van der Waals surface area contributed by atoms with Crippen LogP contribution in [0, 0.1) is 0 Å². The highest BCUT2D eigenvalue weighted by atomic mass is 16.2. The van der Waals surface area contributed by atoms with Crippen LogP contribution in [0.1, 0.15) is 16.1 Å². The summed E-state index contributed by atoms with van der Waals surface area (Å²) in [5, 5.41) is 3.25. The topological polar surface area (TPSA) is 74.2 Å². The Morgan fingerprint density at radius 1 is 0.897 bits per heavy atom. The summed E-state index contributed by atoms with van der Waals surface area (Å²) >= 11 is 0. The molecule has 7 nitrogen and oxygen atoms in total. The molecule has 0 bridgehead atoms. The summed E-state index contributed by atoms with van der Waals surface area (Å²) in [6.45, 7) is 3.58. The van der Waals surface area contributed by atoms with Crippen molar-refractivity contribution in [1.82, 2.24) is 19.9 Å². The first kappa shape index (κ1) is 18.9. The van der Waals surface area contributed by atoms with Crippen molar-refractivity contribution in [3.63, 3.8) is 0 Å². The Morgan fingerprint density at radius 3 is 2.38 bits per heavy atom. The zero-order chi connectivity index (χ0) is 19.9. The van der Waals surface area contributed by atoms with Crippen molar-refractivity contribution in [2.24, 2.45) is 0 Å². The van der Waals surface area contributed by atoms with Crippen LogP contribution in [0.2, 0.25) is 0 Å². The number of nitrogens with zero attached hydrogens (tertiary/aromatic N) is 5. The summed E-state index contributed by atoms with van der Waals surface area (Å²) in [7, 11) is 0. The van der Waals surface area contributed by atoms with Gasteiger partial charge in [0.05, 0.1) is 12.4 Å². The summed E-state index contributed by atoms with van der Waals surface area (Å²) in [6.07, 6.45) is 5.88. The van der Waals surface area contributed by atoms with Crippen LogP contribution < -0.4 is 10.2 Å². The lowest BCUT2D eigenvalue weighted by Gasteiger charge is -2.35. The smallest absolute Gasteiger partial charge is 0.274 e. The minimum absolute atomic E-state index is 0.0750. The molecule has 29 heavy (non-hydrogen) atoms. The predicted octanol–water partition coefficient (Wildman–Crippen LogP) is 2.49. The highest BCUT2D eigenvalue weighted by Crippen LogP contribution is 2.14. The van der Waals surface area contributed by atoms with E-state index in [4.69, 9.17) is 0 Å². The Balaban J connectivity index is 1.27. The molecule has 4 rings (SSSR count). The molecule has 1 aliphatic rings. The number of rotatable bonds is 6. The second kappa shape index (κ2) is 9.14. The van der Waals surface area contributed by atoms with E-state index >= 15 is 0 Å². The molecule has 2 aromatic heterocycles. The van der Waals surface area contributed by atoms with Crippen LogP contribution in [-0.2, 0) is 6.42 Å². The molecule has 1 aliphatic heterocycles. The first-order valence-electron chi connectivity index (χ1n) is 9.85. The van der Waals surface area contributed by atoms with Crippen LogP contribution in [0.3, 0.4) is 0 Å². The Hall–Kier alpha value is -3.48. The van der Waals surface area contributed by atoms with E-state index in [1.165, 1.54) is 5.56 Å². The number of piperazine rings is 1. The highest BCUT2D eigenvalue weighted by Gasteiger charge is 2.23. The third kappa shape index (κ3) is 4.87. The average molecular weight is 388 g/mol. The fraction of sp³-hybridized carbons (Fsp3) is 0.273. The molecule has 3 heterocycles. The largest absolute Gasteiger partial charge is 0.368 e. The number of carbonyl (C=O) groups is 1. The van der Waals surface area contributed by atoms with Crippen LogP contribution >= 0.6 is 0 Å². The van der Waals surface area contributed by atoms with Gasteiger partial charge in [-0.1, -0.05) is 36.4 Å². The van der Waals surface area contributed by atoms with Gasteiger partial charge in [-0.3, -0.25) is 4.79 Å². The van der Waals surface area contributed by atoms with Crippen LogP contribution in [0.15, 0.2) is 67.1 Å². The van der Waals surface area contributed by atoms with Gasteiger partial charge in [0, 0.05) is 38.9 Å². The number of pyridine rings is 1. The van der Waals surface area contributed by atoms with E-state index in [0.29, 0.717) is 24.6 Å². The lowest BCUT2D eigenvalue weighted by molar-refractivity contribution is 0.0740. The summed E-state index contributed by atoms with van der Waals surface area (Å²) in [6, 6.07) is 16.2. The molecule has 0 atom stereocenters. The van der Waals surface area contributed by atoms with Crippen LogP contribution in [0.4, 0.5) is 11.6 Å². The Labute approximate surface area is 170 Å². The van der Waals surface area contributed by atoms with E-state index in [1.807, 2.05) is 41.3 Å². The molecule has 0 spiro atoms. The Kier molecular flexibility index (Phi) is 5.95. The lowest BCUT2D eigenvalue weighted by atomic mass is 10.1. The summed E-state index contributed by atoms with van der Waals surface area (Å²) in [4.78, 5) is 29.8. The maximum absolute atomic E-state index is 12.7. The lowest BCUT2D eigenvalue weighted by Crippen LogP contribution is -2.49. The Bertz CT molecular complexity index is 909. The number of amides is 1. The summed E-state index contributed by atoms with van der Waals surface area (Å²) in [5.74, 6) is 1.55. The van der Waals surface area contributed by atoms with Gasteiger partial charge in [-0.15, -0.1) is 0 Å². The minimum Gasteiger partial charge on any atom is -0.368 e. The second-order valence-electron chi connectivity index (χ2n) is 6.92. The number of carbonyl (C=O) groups excluding carboxylic acids is 1. The molecule has 3 aromatic rings. The number of benzene rings is 1. The zero-order valence-corrected chi connectivity index (χ0v) is 16.2. The standard InChI is InChI=1S/C22H24N6O/c29-22(28-14-12-27(13-15-28)21-8-4-5-10-24-21)19-16-26-20(17-25-19)23-11-9-18-6-2-1-3-7-18/h1-8,10,16-17H,9,11-15H2,(H,23,26). The molecule has 0 radical (unpaired) electrons. The third-order valence-electron chi connectivity index (χ3n) is 4.97. The first-order valence-corrected chi connectivity index (χ1v) is 9.85. The van der Waals surface area contributed by atoms with Gasteiger partial charge in [-0.2, -0.15) is 0 Å². The normalized spacial score (nSPS) is 13.9. The van der Waals surface area contributed by atoms with Crippen molar-refractivity contribution in [3.8, 4) is 0 Å². The van der Waals surface area contributed by atoms with E-state index in [0.717, 1.165) is 31.9 Å². The highest BCUT2D eigenvalue weighted by molar-refractivity contribution is 5.92. The molecule has 1 aromatic carbocycles. The molecule has 1 saturated heterocycles. The van der Waals surface area contributed by atoms with Crippen molar-refractivity contribution in [1.29, 1.82) is 0 Å². The fourth-order valence-corrected chi connectivity index (χ4v) is 3.35. The molecular weight excluding hydrogens is 364 g/mol. The molecule has 1 N–H and O–H groups in total. The molecule has 0 unspecified atom stereocenters. The van der Waals surface area contributed by atoms with Crippen molar-refractivity contribution in [3.05, 3.63) is 78.4 Å². The molecule has 1 fully saturated rings. The quantitative estimate of drug-likeness (QED) is 0.699. The number of anilines is 2. The maximum Gasteiger partial charge on any atom is 0.274 e. The zero-order valence-electron chi connectivity index (χ0n) is 16.2. The van der Waals surface area contributed by atoms with E-state index in [9.17, 15) is 4.79 Å². The predicted molar refractivity (Wildman–Crippen MR) is 113 cm³/mol. The average Bonchev–Trinajstić information content (AvgIpc) is 2.80. The number of hydrogen-bond acceptors (Lipinski definition) is 6. The van der Waals surface area contributed by atoms with Crippen molar-refractivity contribution < 1.29 is 4.79 Å². The molecule has 0 aliphatic carbocycles. The summed E-state index contributed by atoms with van der Waals surface area (Å²) in [5.41, 5.74) is 1.65. The third-order valence-corrected chi connectivity index (χ3v) is 4.97.